The molecule has 2 unspecified atom stereocenters. The molecule has 1 heterocycles. The number of hydrogen-bond donors (Lipinski definition) is 1. The average molecular weight is 199 g/mol. The van der Waals surface area contributed by atoms with Crippen LogP contribution in [0.1, 0.15) is 39.5 Å². The van der Waals surface area contributed by atoms with Gasteiger partial charge in [0.2, 0.25) is 0 Å². The van der Waals surface area contributed by atoms with E-state index in [1.165, 1.54) is 20.0 Å². The molecule has 3 nitrogen and oxygen atoms in total. The first-order valence-corrected chi connectivity index (χ1v) is 5.44. The van der Waals surface area contributed by atoms with Crippen molar-refractivity contribution in [3.05, 3.63) is 0 Å². The molecule has 1 N–H and O–H groups in total. The summed E-state index contributed by atoms with van der Waals surface area (Å²) < 4.78 is 4.81. The topological polar surface area (TPSA) is 38.3 Å². The molecule has 1 aliphatic heterocycles. The summed E-state index contributed by atoms with van der Waals surface area (Å²) in [6.45, 7) is 4.92. The van der Waals surface area contributed by atoms with E-state index in [-0.39, 0.29) is 11.4 Å². The number of carbonyl (C=O) groups is 1. The number of hydrogen-bond acceptors (Lipinski definition) is 3. The van der Waals surface area contributed by atoms with Crippen LogP contribution >= 0.6 is 0 Å². The summed E-state index contributed by atoms with van der Waals surface area (Å²) in [5, 5.41) is 3.42. The number of piperidine rings is 1. The Kier molecular flexibility index (Phi) is 3.93. The highest BCUT2D eigenvalue weighted by Gasteiger charge is 2.37. The van der Waals surface area contributed by atoms with Crippen molar-refractivity contribution in [2.24, 2.45) is 5.41 Å². The fraction of sp³-hybridized carbons (Fsp3) is 0.909. The average Bonchev–Trinajstić information content (AvgIpc) is 2.21. The molecular formula is C11H21NO2. The highest BCUT2D eigenvalue weighted by molar-refractivity contribution is 5.76. The molecule has 82 valence electrons. The van der Waals surface area contributed by atoms with Crippen LogP contribution in [-0.2, 0) is 9.53 Å². The van der Waals surface area contributed by atoms with Gasteiger partial charge in [0.15, 0.2) is 0 Å². The van der Waals surface area contributed by atoms with E-state index < -0.39 is 0 Å². The largest absolute Gasteiger partial charge is 0.469 e. The van der Waals surface area contributed by atoms with E-state index in [2.05, 4.69) is 12.2 Å². The van der Waals surface area contributed by atoms with Crippen molar-refractivity contribution in [1.29, 1.82) is 0 Å². The third-order valence-electron chi connectivity index (χ3n) is 3.14. The Labute approximate surface area is 86.2 Å². The molecule has 0 radical (unpaired) electrons. The third kappa shape index (κ3) is 2.47. The van der Waals surface area contributed by atoms with Crippen molar-refractivity contribution < 1.29 is 9.53 Å². The summed E-state index contributed by atoms with van der Waals surface area (Å²) in [5.74, 6) is -0.0834. The quantitative estimate of drug-likeness (QED) is 0.703. The fourth-order valence-corrected chi connectivity index (χ4v) is 2.07. The minimum Gasteiger partial charge on any atom is -0.469 e. The van der Waals surface area contributed by atoms with Gasteiger partial charge in [-0.1, -0.05) is 13.3 Å². The minimum absolute atomic E-state index is 0.0834. The second-order valence-corrected chi connectivity index (χ2v) is 4.46. The van der Waals surface area contributed by atoms with Crippen molar-refractivity contribution in [3.63, 3.8) is 0 Å². The fourth-order valence-electron chi connectivity index (χ4n) is 2.07. The summed E-state index contributed by atoms with van der Waals surface area (Å²) in [5.41, 5.74) is -0.307. The van der Waals surface area contributed by atoms with Crippen LogP contribution in [0.5, 0.6) is 0 Å². The number of ether oxygens (including phenoxy) is 1. The van der Waals surface area contributed by atoms with Gasteiger partial charge < -0.3 is 10.1 Å². The lowest BCUT2D eigenvalue weighted by Gasteiger charge is -2.35. The predicted octanol–water partition coefficient (Wildman–Crippen LogP) is 1.72. The molecule has 1 aliphatic rings. The number of rotatable bonds is 3. The zero-order valence-electron chi connectivity index (χ0n) is 9.43. The van der Waals surface area contributed by atoms with Crippen LogP contribution in [0, 0.1) is 5.41 Å². The summed E-state index contributed by atoms with van der Waals surface area (Å²) in [6, 6.07) is 0.595. The first-order chi connectivity index (χ1) is 6.62. The molecule has 14 heavy (non-hydrogen) atoms. The maximum atomic E-state index is 11.5. The molecule has 0 aromatic heterocycles. The van der Waals surface area contributed by atoms with Crippen LogP contribution in [0.3, 0.4) is 0 Å². The Morgan fingerprint density at radius 1 is 1.64 bits per heavy atom. The maximum Gasteiger partial charge on any atom is 0.312 e. The number of esters is 1. The van der Waals surface area contributed by atoms with Gasteiger partial charge in [0.1, 0.15) is 0 Å². The van der Waals surface area contributed by atoms with E-state index >= 15 is 0 Å². The second kappa shape index (κ2) is 4.78. The van der Waals surface area contributed by atoms with E-state index in [0.29, 0.717) is 6.04 Å². The van der Waals surface area contributed by atoms with Gasteiger partial charge in [-0.05, 0) is 26.2 Å². The van der Waals surface area contributed by atoms with Crippen molar-refractivity contribution in [1.82, 2.24) is 5.32 Å². The molecule has 0 aliphatic carbocycles. The van der Waals surface area contributed by atoms with Gasteiger partial charge in [0, 0.05) is 12.6 Å². The molecule has 0 aromatic carbocycles. The highest BCUT2D eigenvalue weighted by atomic mass is 16.5. The number of carbonyl (C=O) groups excluding carboxylic acids is 1. The van der Waals surface area contributed by atoms with Crippen molar-refractivity contribution >= 4 is 5.97 Å². The lowest BCUT2D eigenvalue weighted by atomic mass is 9.80. The van der Waals surface area contributed by atoms with Crippen molar-refractivity contribution in [3.8, 4) is 0 Å². The van der Waals surface area contributed by atoms with Crippen LogP contribution in [0.4, 0.5) is 0 Å². The maximum absolute atomic E-state index is 11.5. The second-order valence-electron chi connectivity index (χ2n) is 4.46. The molecule has 0 bridgehead atoms. The van der Waals surface area contributed by atoms with Gasteiger partial charge in [-0.25, -0.2) is 0 Å². The summed E-state index contributed by atoms with van der Waals surface area (Å²) >= 11 is 0. The lowest BCUT2D eigenvalue weighted by molar-refractivity contribution is -0.153. The Balaban J connectivity index is 2.44. The van der Waals surface area contributed by atoms with Crippen molar-refractivity contribution in [2.75, 3.05) is 13.7 Å². The predicted molar refractivity (Wildman–Crippen MR) is 56.1 cm³/mol. The van der Waals surface area contributed by atoms with Crippen LogP contribution in [0.25, 0.3) is 0 Å². The zero-order chi connectivity index (χ0) is 10.6. The van der Waals surface area contributed by atoms with Crippen LogP contribution in [0.2, 0.25) is 0 Å². The van der Waals surface area contributed by atoms with Crippen LogP contribution in [-0.4, -0.2) is 25.7 Å². The molecule has 2 atom stereocenters. The molecule has 1 fully saturated rings. The minimum atomic E-state index is -0.307. The molecule has 3 heteroatoms. The Morgan fingerprint density at radius 2 is 2.36 bits per heavy atom. The number of nitrogens with one attached hydrogen (secondary N) is 1. The van der Waals surface area contributed by atoms with Gasteiger partial charge in [-0.15, -0.1) is 0 Å². The van der Waals surface area contributed by atoms with E-state index in [1.807, 2.05) is 6.92 Å². The number of methoxy groups -OCH3 is 1. The van der Waals surface area contributed by atoms with Gasteiger partial charge in [-0.2, -0.15) is 0 Å². The van der Waals surface area contributed by atoms with E-state index in [1.54, 1.807) is 0 Å². The lowest BCUT2D eigenvalue weighted by Crippen LogP contribution is -2.48. The van der Waals surface area contributed by atoms with E-state index in [0.717, 1.165) is 19.4 Å². The highest BCUT2D eigenvalue weighted by Crippen LogP contribution is 2.29. The van der Waals surface area contributed by atoms with E-state index in [4.69, 9.17) is 4.74 Å². The van der Waals surface area contributed by atoms with Gasteiger partial charge in [0.05, 0.1) is 12.5 Å². The van der Waals surface area contributed by atoms with E-state index in [9.17, 15) is 4.79 Å². The Bertz CT molecular complexity index is 195. The zero-order valence-corrected chi connectivity index (χ0v) is 9.43. The summed E-state index contributed by atoms with van der Waals surface area (Å²) in [4.78, 5) is 11.5. The molecule has 0 saturated carbocycles. The summed E-state index contributed by atoms with van der Waals surface area (Å²) in [6.07, 6.45) is 4.43. The van der Waals surface area contributed by atoms with Gasteiger partial charge in [0.25, 0.3) is 0 Å². The van der Waals surface area contributed by atoms with Crippen LogP contribution < -0.4 is 5.32 Å². The van der Waals surface area contributed by atoms with Crippen LogP contribution in [0.15, 0.2) is 0 Å². The Hall–Kier alpha value is -0.570. The monoisotopic (exact) mass is 199 g/mol. The van der Waals surface area contributed by atoms with Gasteiger partial charge in [-0.3, -0.25) is 4.79 Å². The first kappa shape index (κ1) is 11.5. The molecule has 0 spiro atoms. The van der Waals surface area contributed by atoms with Crippen molar-refractivity contribution in [2.45, 2.75) is 45.6 Å². The Morgan fingerprint density at radius 3 is 2.79 bits per heavy atom. The molecule has 0 amide bonds. The SMILES string of the molecule is CCCC1CCC(C)(C(=O)OC)CN1. The first-order valence-electron chi connectivity index (χ1n) is 5.44. The molecular weight excluding hydrogens is 178 g/mol. The molecule has 1 saturated heterocycles. The third-order valence-corrected chi connectivity index (χ3v) is 3.14. The normalized spacial score (nSPS) is 32.6. The molecule has 1 rings (SSSR count). The molecule has 0 aromatic rings. The summed E-state index contributed by atoms with van der Waals surface area (Å²) in [7, 11) is 1.46. The smallest absolute Gasteiger partial charge is 0.312 e. The van der Waals surface area contributed by atoms with Gasteiger partial charge >= 0.3 is 5.97 Å². The standard InChI is InChI=1S/C11H21NO2/c1-4-5-9-6-7-11(2,8-12-9)10(13)14-3/h9,12H,4-8H2,1-3H3.